The van der Waals surface area contributed by atoms with Gasteiger partial charge in [0.25, 0.3) is 5.95 Å². The van der Waals surface area contributed by atoms with Gasteiger partial charge < -0.3 is 10.6 Å². The second-order valence-electron chi connectivity index (χ2n) is 11.9. The molecule has 2 saturated carbocycles. The van der Waals surface area contributed by atoms with E-state index >= 15 is 0 Å². The number of aromatic nitrogens is 8. The molecule has 2 aliphatic carbocycles. The van der Waals surface area contributed by atoms with Gasteiger partial charge in [-0.2, -0.15) is 15.2 Å². The molecule has 0 amide bonds. The number of alkyl halides is 4. The summed E-state index contributed by atoms with van der Waals surface area (Å²) in [5.41, 5.74) is 3.74. The van der Waals surface area contributed by atoms with Crippen LogP contribution in [0.25, 0.3) is 5.95 Å². The van der Waals surface area contributed by atoms with Gasteiger partial charge in [0.15, 0.2) is 0 Å². The van der Waals surface area contributed by atoms with Gasteiger partial charge in [0.2, 0.25) is 17.1 Å². The van der Waals surface area contributed by atoms with Gasteiger partial charge in [0, 0.05) is 79.4 Å². The van der Waals surface area contributed by atoms with Gasteiger partial charge in [-0.25, -0.2) is 37.2 Å². The van der Waals surface area contributed by atoms with Crippen molar-refractivity contribution in [2.75, 3.05) is 10.6 Å². The van der Waals surface area contributed by atoms with Gasteiger partial charge in [-0.3, -0.25) is 5.10 Å². The number of anilines is 2. The zero-order valence-corrected chi connectivity index (χ0v) is 28.0. The van der Waals surface area contributed by atoms with Crippen LogP contribution in [0.3, 0.4) is 0 Å². The van der Waals surface area contributed by atoms with Gasteiger partial charge in [-0.1, -0.05) is 13.8 Å². The number of hydrogen-bond donors (Lipinski definition) is 3. The summed E-state index contributed by atoms with van der Waals surface area (Å²) in [6.45, 7) is 7.83. The van der Waals surface area contributed by atoms with Gasteiger partial charge in [0.05, 0.1) is 5.69 Å². The summed E-state index contributed by atoms with van der Waals surface area (Å²) >= 11 is 5.73. The lowest BCUT2D eigenvalue weighted by Gasteiger charge is -2.29. The predicted octanol–water partition coefficient (Wildman–Crippen LogP) is 7.92. The third-order valence-electron chi connectivity index (χ3n) is 7.96. The van der Waals surface area contributed by atoms with Crippen LogP contribution in [0, 0.1) is 13.8 Å². The van der Waals surface area contributed by atoms with Crippen LogP contribution in [0.15, 0.2) is 36.7 Å². The van der Waals surface area contributed by atoms with Gasteiger partial charge in [-0.15, -0.1) is 0 Å². The van der Waals surface area contributed by atoms with Crippen molar-refractivity contribution in [2.45, 2.75) is 116 Å². The summed E-state index contributed by atoms with van der Waals surface area (Å²) in [4.78, 5) is 16.8. The summed E-state index contributed by atoms with van der Waals surface area (Å²) in [6, 6.07) is 7.57. The molecule has 47 heavy (non-hydrogen) atoms. The van der Waals surface area contributed by atoms with E-state index in [2.05, 4.69) is 52.8 Å². The molecular weight excluding hydrogens is 636 g/mol. The van der Waals surface area contributed by atoms with E-state index in [9.17, 15) is 17.6 Å². The lowest BCUT2D eigenvalue weighted by Crippen LogP contribution is -2.32. The molecule has 0 unspecified atom stereocenters. The second-order valence-corrected chi connectivity index (χ2v) is 12.3. The van der Waals surface area contributed by atoms with E-state index in [-0.39, 0.29) is 43.1 Å². The quantitative estimate of drug-likeness (QED) is 0.133. The molecule has 256 valence electrons. The maximum absolute atomic E-state index is 13.2. The van der Waals surface area contributed by atoms with E-state index in [1.807, 2.05) is 45.2 Å². The first-order valence-electron chi connectivity index (χ1n) is 16.0. The van der Waals surface area contributed by atoms with E-state index in [1.54, 1.807) is 16.9 Å². The van der Waals surface area contributed by atoms with Crippen molar-refractivity contribution >= 4 is 23.2 Å². The Morgan fingerprint density at radius 1 is 0.809 bits per heavy atom. The van der Waals surface area contributed by atoms with Crippen LogP contribution < -0.4 is 10.6 Å². The average Bonchev–Trinajstić information content (AvgIpc) is 3.72. The lowest BCUT2D eigenvalue weighted by molar-refractivity contribution is -0.0366. The lowest BCUT2D eigenvalue weighted by atomic mass is 9.92. The number of hydrogen-bond acceptors (Lipinski definition) is 8. The van der Waals surface area contributed by atoms with E-state index in [1.165, 1.54) is 5.69 Å². The van der Waals surface area contributed by atoms with Crippen LogP contribution >= 0.6 is 11.6 Å². The smallest absolute Gasteiger partial charge is 0.252 e. The Balaban J connectivity index is 0.000000182. The SMILES string of the molecule is CCc1ccn(-c2nc(C)cc(NC3CCC(F)(F)CC3)n2)n1.CCc1ccn[nH]1.Cc1cc(NC2CCC(F)(F)CC2)nc(Cl)n1. The number of nitrogens with zero attached hydrogens (tertiary/aromatic N) is 7. The summed E-state index contributed by atoms with van der Waals surface area (Å²) in [5, 5.41) is 17.6. The number of halogens is 5. The molecule has 2 fully saturated rings. The average molecular weight is 679 g/mol. The van der Waals surface area contributed by atoms with Crippen LogP contribution in [0.5, 0.6) is 0 Å². The Labute approximate surface area is 277 Å². The molecule has 4 heterocycles. The molecule has 0 saturated heterocycles. The number of aromatic amines is 1. The highest BCUT2D eigenvalue weighted by Crippen LogP contribution is 2.35. The molecule has 0 radical (unpaired) electrons. The van der Waals surface area contributed by atoms with Crippen molar-refractivity contribution in [1.82, 2.24) is 39.9 Å². The third kappa shape index (κ3) is 11.7. The highest BCUT2D eigenvalue weighted by atomic mass is 35.5. The topological polar surface area (TPSA) is 122 Å². The number of aryl methyl sites for hydroxylation is 4. The molecule has 10 nitrogen and oxygen atoms in total. The molecular formula is C32H43ClF4N10. The van der Waals surface area contributed by atoms with Crippen LogP contribution in [0.2, 0.25) is 5.28 Å². The first kappa shape index (κ1) is 36.0. The van der Waals surface area contributed by atoms with E-state index in [4.69, 9.17) is 11.6 Å². The highest BCUT2D eigenvalue weighted by molar-refractivity contribution is 6.28. The fourth-order valence-electron chi connectivity index (χ4n) is 5.27. The molecule has 0 bridgehead atoms. The second kappa shape index (κ2) is 16.3. The molecule has 2 aliphatic rings. The zero-order chi connectivity index (χ0) is 34.0. The minimum atomic E-state index is -2.52. The summed E-state index contributed by atoms with van der Waals surface area (Å²) < 4.78 is 54.1. The minimum absolute atomic E-state index is 0.0283. The molecule has 6 rings (SSSR count). The molecule has 4 aromatic rings. The molecule has 0 aliphatic heterocycles. The number of rotatable bonds is 7. The standard InChI is InChI=1S/C16H21F2N5.C11H14ClF2N3.C5H8N2/c1-3-12-6-9-23(22-12)15-19-11(2)10-14(21-15)20-13-4-7-16(17,18)8-5-13;1-7-6-9(17-10(12)15-7)16-8-2-4-11(13,14)5-3-8;1-2-5-3-4-6-7-5/h6,9-10,13H,3-5,7-8H2,1-2H3,(H,19,20,21);6,8H,2-5H2,1H3,(H,15,16,17);3-4H,2H2,1H3,(H,6,7). The van der Waals surface area contributed by atoms with Crippen molar-refractivity contribution in [3.63, 3.8) is 0 Å². The van der Waals surface area contributed by atoms with Gasteiger partial charge in [-0.05, 0) is 76.1 Å². The van der Waals surface area contributed by atoms with Gasteiger partial charge in [0.1, 0.15) is 11.6 Å². The van der Waals surface area contributed by atoms with Crippen molar-refractivity contribution in [1.29, 1.82) is 0 Å². The molecule has 4 aromatic heterocycles. The number of nitrogens with one attached hydrogen (secondary N) is 3. The molecule has 3 N–H and O–H groups in total. The van der Waals surface area contributed by atoms with Crippen LogP contribution in [-0.4, -0.2) is 63.8 Å². The van der Waals surface area contributed by atoms with E-state index in [0.717, 1.165) is 29.9 Å². The Hall–Kier alpha value is -3.81. The fraction of sp³-hybridized carbons (Fsp3) is 0.562. The summed E-state index contributed by atoms with van der Waals surface area (Å²) in [7, 11) is 0. The van der Waals surface area contributed by atoms with E-state index < -0.39 is 11.8 Å². The molecule has 0 atom stereocenters. The largest absolute Gasteiger partial charge is 0.367 e. The Morgan fingerprint density at radius 3 is 1.81 bits per heavy atom. The molecule has 15 heteroatoms. The van der Waals surface area contributed by atoms with Crippen molar-refractivity contribution in [3.05, 3.63) is 64.7 Å². The Bertz CT molecular complexity index is 1510. The number of H-pyrrole nitrogens is 1. The molecule has 0 aromatic carbocycles. The van der Waals surface area contributed by atoms with Crippen LogP contribution in [-0.2, 0) is 12.8 Å². The van der Waals surface area contributed by atoms with Crippen molar-refractivity contribution in [2.24, 2.45) is 0 Å². The van der Waals surface area contributed by atoms with Crippen LogP contribution in [0.4, 0.5) is 29.2 Å². The zero-order valence-electron chi connectivity index (χ0n) is 27.2. The molecule has 0 spiro atoms. The first-order chi connectivity index (χ1) is 22.3. The fourth-order valence-corrected chi connectivity index (χ4v) is 5.49. The normalized spacial score (nSPS) is 17.6. The highest BCUT2D eigenvalue weighted by Gasteiger charge is 2.36. The van der Waals surface area contributed by atoms with E-state index in [0.29, 0.717) is 43.3 Å². The maximum atomic E-state index is 13.2. The van der Waals surface area contributed by atoms with Crippen LogP contribution in [0.1, 0.15) is 88.0 Å². The maximum Gasteiger partial charge on any atom is 0.252 e. The monoisotopic (exact) mass is 678 g/mol. The van der Waals surface area contributed by atoms with Crippen molar-refractivity contribution < 1.29 is 17.6 Å². The predicted molar refractivity (Wildman–Crippen MR) is 175 cm³/mol. The van der Waals surface area contributed by atoms with Gasteiger partial charge >= 0.3 is 0 Å². The Kier molecular flexibility index (Phi) is 12.5. The summed E-state index contributed by atoms with van der Waals surface area (Å²) in [6.07, 6.45) is 7.02. The summed E-state index contributed by atoms with van der Waals surface area (Å²) in [5.74, 6) is -3.25. The Morgan fingerprint density at radius 2 is 1.36 bits per heavy atom. The minimum Gasteiger partial charge on any atom is -0.367 e. The third-order valence-corrected chi connectivity index (χ3v) is 8.13. The first-order valence-corrected chi connectivity index (χ1v) is 16.4. The van der Waals surface area contributed by atoms with Crippen molar-refractivity contribution in [3.8, 4) is 5.95 Å².